The summed E-state index contributed by atoms with van der Waals surface area (Å²) >= 11 is 0. The maximum absolute atomic E-state index is 12.6. The van der Waals surface area contributed by atoms with E-state index in [-0.39, 0.29) is 18.1 Å². The zero-order valence-corrected chi connectivity index (χ0v) is 17.7. The first-order valence-corrected chi connectivity index (χ1v) is 10.3. The summed E-state index contributed by atoms with van der Waals surface area (Å²) in [6.45, 7) is 7.12. The maximum Gasteiger partial charge on any atom is 0.336 e. The number of aryl methyl sites for hydroxylation is 1. The lowest BCUT2D eigenvalue weighted by Gasteiger charge is -2.25. The fourth-order valence-corrected chi connectivity index (χ4v) is 3.60. The third-order valence-corrected chi connectivity index (χ3v) is 5.31. The predicted molar refractivity (Wildman–Crippen MR) is 119 cm³/mol. The van der Waals surface area contributed by atoms with Crippen LogP contribution in [0.1, 0.15) is 44.7 Å². The van der Waals surface area contributed by atoms with Gasteiger partial charge in [0.1, 0.15) is 17.1 Å². The van der Waals surface area contributed by atoms with E-state index < -0.39 is 16.9 Å². The van der Waals surface area contributed by atoms with Crippen LogP contribution in [0, 0.1) is 0 Å². The Bertz CT molecular complexity index is 1220. The van der Waals surface area contributed by atoms with Crippen molar-refractivity contribution in [1.29, 1.82) is 0 Å². The molecule has 0 unspecified atom stereocenters. The Balaban J connectivity index is 2.10. The molecule has 0 bridgehead atoms. The fourth-order valence-electron chi connectivity index (χ4n) is 3.60. The highest BCUT2D eigenvalue weighted by molar-refractivity contribution is 5.81. The minimum absolute atomic E-state index is 0.139. The highest BCUT2D eigenvalue weighted by Gasteiger charge is 2.19. The molecule has 0 radical (unpaired) electrons. The molecular weight excluding hydrogens is 384 g/mol. The van der Waals surface area contributed by atoms with Crippen LogP contribution in [0.4, 0.5) is 11.5 Å². The predicted octanol–water partition coefficient (Wildman–Crippen LogP) is 2.61. The van der Waals surface area contributed by atoms with Crippen molar-refractivity contribution >= 4 is 22.5 Å². The van der Waals surface area contributed by atoms with Crippen LogP contribution in [-0.2, 0) is 19.5 Å². The molecule has 0 aliphatic carbocycles. The minimum Gasteiger partial charge on any atom is -0.423 e. The van der Waals surface area contributed by atoms with Gasteiger partial charge in [-0.15, -0.1) is 0 Å². The van der Waals surface area contributed by atoms with Gasteiger partial charge in [-0.05, 0) is 37.0 Å². The van der Waals surface area contributed by atoms with Gasteiger partial charge in [0.2, 0.25) is 0 Å². The first kappa shape index (κ1) is 21.4. The van der Waals surface area contributed by atoms with E-state index in [4.69, 9.17) is 10.2 Å². The number of aromatic nitrogens is 2. The second kappa shape index (κ2) is 9.02. The second-order valence-corrected chi connectivity index (χ2v) is 7.29. The average molecular weight is 412 g/mol. The van der Waals surface area contributed by atoms with E-state index in [1.54, 1.807) is 4.90 Å². The van der Waals surface area contributed by atoms with Crippen molar-refractivity contribution in [2.24, 2.45) is 0 Å². The minimum atomic E-state index is -0.535. The smallest absolute Gasteiger partial charge is 0.336 e. The Morgan fingerprint density at radius 3 is 2.57 bits per heavy atom. The SMILES string of the molecule is CCCCn1c(N)c(N(CC)Cc2cc(=O)oc3cc(CC)ccc23)c(=O)[nH]c1=O. The van der Waals surface area contributed by atoms with Gasteiger partial charge in [-0.3, -0.25) is 14.3 Å². The third kappa shape index (κ3) is 4.17. The van der Waals surface area contributed by atoms with Gasteiger partial charge in [-0.1, -0.05) is 32.4 Å². The summed E-state index contributed by atoms with van der Waals surface area (Å²) < 4.78 is 6.78. The first-order chi connectivity index (χ1) is 14.4. The number of aromatic amines is 1. The molecule has 0 fully saturated rings. The number of anilines is 2. The number of nitrogens with zero attached hydrogens (tertiary/aromatic N) is 2. The molecule has 0 aliphatic heterocycles. The Hall–Kier alpha value is -3.29. The lowest BCUT2D eigenvalue weighted by atomic mass is 10.1. The summed E-state index contributed by atoms with van der Waals surface area (Å²) in [5.41, 5.74) is 7.32. The molecule has 0 spiro atoms. The zero-order valence-electron chi connectivity index (χ0n) is 17.7. The van der Waals surface area contributed by atoms with Crippen LogP contribution in [0.5, 0.6) is 0 Å². The highest BCUT2D eigenvalue weighted by Crippen LogP contribution is 2.24. The lowest BCUT2D eigenvalue weighted by Crippen LogP contribution is -2.38. The number of nitrogens with two attached hydrogens (primary N) is 1. The van der Waals surface area contributed by atoms with Gasteiger partial charge in [0.25, 0.3) is 5.56 Å². The summed E-state index contributed by atoms with van der Waals surface area (Å²) in [5.74, 6) is 0.139. The largest absolute Gasteiger partial charge is 0.423 e. The molecule has 8 nitrogen and oxygen atoms in total. The number of benzene rings is 1. The summed E-state index contributed by atoms with van der Waals surface area (Å²) in [7, 11) is 0. The van der Waals surface area contributed by atoms with Gasteiger partial charge < -0.3 is 15.1 Å². The molecule has 0 saturated carbocycles. The van der Waals surface area contributed by atoms with Crippen molar-refractivity contribution < 1.29 is 4.42 Å². The van der Waals surface area contributed by atoms with Gasteiger partial charge in [0, 0.05) is 31.1 Å². The molecule has 2 heterocycles. The average Bonchev–Trinajstić information content (AvgIpc) is 2.71. The molecule has 8 heteroatoms. The molecule has 0 saturated heterocycles. The molecule has 0 amide bonds. The molecule has 3 N–H and O–H groups in total. The molecule has 0 atom stereocenters. The summed E-state index contributed by atoms with van der Waals surface area (Å²) in [4.78, 5) is 41.1. The van der Waals surface area contributed by atoms with E-state index in [0.717, 1.165) is 35.8 Å². The highest BCUT2D eigenvalue weighted by atomic mass is 16.4. The number of fused-ring (bicyclic) bond motifs is 1. The Morgan fingerprint density at radius 2 is 1.90 bits per heavy atom. The van der Waals surface area contributed by atoms with Crippen LogP contribution in [-0.4, -0.2) is 16.1 Å². The van der Waals surface area contributed by atoms with Crippen LogP contribution in [0.25, 0.3) is 11.0 Å². The second-order valence-electron chi connectivity index (χ2n) is 7.29. The van der Waals surface area contributed by atoms with Crippen LogP contribution < -0.4 is 27.5 Å². The molecule has 3 rings (SSSR count). The molecular formula is C22H28N4O4. The van der Waals surface area contributed by atoms with E-state index in [9.17, 15) is 14.4 Å². The molecule has 2 aromatic heterocycles. The Kier molecular flexibility index (Phi) is 6.44. The summed E-state index contributed by atoms with van der Waals surface area (Å²) in [5, 5.41) is 0.805. The molecule has 160 valence electrons. The number of rotatable bonds is 8. The van der Waals surface area contributed by atoms with E-state index in [1.807, 2.05) is 39.0 Å². The van der Waals surface area contributed by atoms with Crippen molar-refractivity contribution in [3.63, 3.8) is 0 Å². The number of nitrogen functional groups attached to an aromatic ring is 1. The fraction of sp³-hybridized carbons (Fsp3) is 0.409. The van der Waals surface area contributed by atoms with Gasteiger partial charge >= 0.3 is 11.3 Å². The lowest BCUT2D eigenvalue weighted by molar-refractivity contribution is 0.558. The number of hydrogen-bond donors (Lipinski definition) is 2. The monoisotopic (exact) mass is 412 g/mol. The Labute approximate surface area is 173 Å². The standard InChI is InChI=1S/C22H28N4O4/c1-4-7-10-26-20(23)19(21(28)24-22(26)29)25(6-3)13-15-12-18(27)30-17-11-14(5-2)8-9-16(15)17/h8-9,11-12H,4-7,10,13,23H2,1-3H3,(H,24,28,29). The normalized spacial score (nSPS) is 11.2. The quantitative estimate of drug-likeness (QED) is 0.550. The first-order valence-electron chi connectivity index (χ1n) is 10.3. The third-order valence-electron chi connectivity index (χ3n) is 5.31. The number of nitrogens with one attached hydrogen (secondary N) is 1. The Morgan fingerprint density at radius 1 is 1.13 bits per heavy atom. The van der Waals surface area contributed by atoms with E-state index in [0.29, 0.717) is 18.7 Å². The maximum atomic E-state index is 12.6. The molecule has 0 aliphatic rings. The van der Waals surface area contributed by atoms with Crippen molar-refractivity contribution in [2.75, 3.05) is 17.2 Å². The van der Waals surface area contributed by atoms with E-state index in [1.165, 1.54) is 10.6 Å². The molecule has 1 aromatic carbocycles. The zero-order chi connectivity index (χ0) is 21.8. The number of unbranched alkanes of at least 4 members (excludes halogenated alkanes) is 1. The van der Waals surface area contributed by atoms with Crippen molar-refractivity contribution in [3.8, 4) is 0 Å². The summed E-state index contributed by atoms with van der Waals surface area (Å²) in [6.07, 6.45) is 2.49. The van der Waals surface area contributed by atoms with E-state index in [2.05, 4.69) is 4.98 Å². The van der Waals surface area contributed by atoms with Gasteiger partial charge in [0.15, 0.2) is 0 Å². The van der Waals surface area contributed by atoms with Crippen molar-refractivity contribution in [1.82, 2.24) is 9.55 Å². The van der Waals surface area contributed by atoms with Crippen LogP contribution in [0.15, 0.2) is 43.1 Å². The topological polar surface area (TPSA) is 114 Å². The number of H-pyrrole nitrogens is 1. The van der Waals surface area contributed by atoms with Crippen molar-refractivity contribution in [3.05, 3.63) is 66.7 Å². The van der Waals surface area contributed by atoms with Gasteiger partial charge in [-0.2, -0.15) is 0 Å². The summed E-state index contributed by atoms with van der Waals surface area (Å²) in [6, 6.07) is 7.22. The molecule has 3 aromatic rings. The van der Waals surface area contributed by atoms with Gasteiger partial charge in [0.05, 0.1) is 0 Å². The van der Waals surface area contributed by atoms with Gasteiger partial charge in [-0.25, -0.2) is 9.59 Å². The number of hydrogen-bond acceptors (Lipinski definition) is 6. The van der Waals surface area contributed by atoms with Crippen molar-refractivity contribution in [2.45, 2.75) is 53.1 Å². The van der Waals surface area contributed by atoms with E-state index >= 15 is 0 Å². The van der Waals surface area contributed by atoms with Crippen LogP contribution in [0.2, 0.25) is 0 Å². The van der Waals surface area contributed by atoms with Crippen LogP contribution in [0.3, 0.4) is 0 Å². The molecule has 30 heavy (non-hydrogen) atoms. The van der Waals surface area contributed by atoms with Crippen LogP contribution >= 0.6 is 0 Å².